The minimum absolute atomic E-state index is 0.642. The van der Waals surface area contributed by atoms with Crippen LogP contribution in [0.25, 0.3) is 0 Å². The Morgan fingerprint density at radius 1 is 1.12 bits per heavy atom. The van der Waals surface area contributed by atoms with Crippen molar-refractivity contribution in [3.05, 3.63) is 0 Å². The van der Waals surface area contributed by atoms with Crippen molar-refractivity contribution in [1.82, 2.24) is 10.2 Å². The number of rotatable bonds is 7. The first-order valence-electron chi connectivity index (χ1n) is 7.14. The van der Waals surface area contributed by atoms with Crippen molar-refractivity contribution in [3.8, 4) is 0 Å². The minimum Gasteiger partial charge on any atom is -0.315 e. The second-order valence-corrected chi connectivity index (χ2v) is 5.69. The maximum absolute atomic E-state index is 3.48. The summed E-state index contributed by atoms with van der Waals surface area (Å²) < 4.78 is 0. The van der Waals surface area contributed by atoms with Crippen molar-refractivity contribution in [3.63, 3.8) is 0 Å². The standard InChI is InChI=1S/C14H30N2/c1-13(2)15-9-5-4-6-10-16-11-7-14(3)8-12-16/h13-15H,4-12H2,1-3H3. The third-order valence-corrected chi connectivity index (χ3v) is 3.58. The zero-order valence-electron chi connectivity index (χ0n) is 11.5. The summed E-state index contributed by atoms with van der Waals surface area (Å²) in [6.45, 7) is 12.0. The molecule has 0 unspecified atom stereocenters. The summed E-state index contributed by atoms with van der Waals surface area (Å²) in [7, 11) is 0. The van der Waals surface area contributed by atoms with E-state index in [9.17, 15) is 0 Å². The van der Waals surface area contributed by atoms with E-state index < -0.39 is 0 Å². The zero-order chi connectivity index (χ0) is 11.8. The molecule has 0 aromatic heterocycles. The predicted octanol–water partition coefficient (Wildman–Crippen LogP) is 2.89. The van der Waals surface area contributed by atoms with Gasteiger partial charge in [-0.25, -0.2) is 0 Å². The first kappa shape index (κ1) is 14.0. The Morgan fingerprint density at radius 2 is 1.81 bits per heavy atom. The monoisotopic (exact) mass is 226 g/mol. The number of hydrogen-bond acceptors (Lipinski definition) is 2. The smallest absolute Gasteiger partial charge is 0.00103 e. The second kappa shape index (κ2) is 8.08. The Labute approximate surface area is 102 Å². The number of piperidine rings is 1. The molecule has 2 heteroatoms. The maximum atomic E-state index is 3.48. The fourth-order valence-corrected chi connectivity index (χ4v) is 2.31. The molecule has 0 atom stereocenters. The molecule has 1 heterocycles. The molecule has 0 radical (unpaired) electrons. The van der Waals surface area contributed by atoms with Gasteiger partial charge in [-0.2, -0.15) is 0 Å². The number of unbranched alkanes of at least 4 members (excludes halogenated alkanes) is 2. The van der Waals surface area contributed by atoms with E-state index in [1.807, 2.05) is 0 Å². The van der Waals surface area contributed by atoms with Crippen LogP contribution < -0.4 is 5.32 Å². The molecule has 0 amide bonds. The van der Waals surface area contributed by atoms with Crippen molar-refractivity contribution in [2.45, 2.75) is 58.9 Å². The summed E-state index contributed by atoms with van der Waals surface area (Å²) >= 11 is 0. The SMILES string of the molecule is CC1CCN(CCCCCNC(C)C)CC1. The first-order chi connectivity index (χ1) is 7.68. The van der Waals surface area contributed by atoms with Crippen LogP contribution in [0.15, 0.2) is 0 Å². The van der Waals surface area contributed by atoms with Crippen LogP contribution >= 0.6 is 0 Å². The quantitative estimate of drug-likeness (QED) is 0.672. The molecule has 0 aliphatic carbocycles. The van der Waals surface area contributed by atoms with Gasteiger partial charge in [-0.1, -0.05) is 27.2 Å². The van der Waals surface area contributed by atoms with Crippen LogP contribution in [0.1, 0.15) is 52.9 Å². The third kappa shape index (κ3) is 6.49. The highest BCUT2D eigenvalue weighted by Gasteiger charge is 2.14. The van der Waals surface area contributed by atoms with Crippen molar-refractivity contribution >= 4 is 0 Å². The Hall–Kier alpha value is -0.0800. The molecule has 1 N–H and O–H groups in total. The van der Waals surface area contributed by atoms with Crippen LogP contribution in [0.5, 0.6) is 0 Å². The van der Waals surface area contributed by atoms with E-state index in [0.29, 0.717) is 6.04 Å². The van der Waals surface area contributed by atoms with E-state index in [0.717, 1.165) is 5.92 Å². The van der Waals surface area contributed by atoms with Gasteiger partial charge in [0.15, 0.2) is 0 Å². The number of likely N-dealkylation sites (tertiary alicyclic amines) is 1. The van der Waals surface area contributed by atoms with Crippen LogP contribution in [-0.4, -0.2) is 37.1 Å². The average molecular weight is 226 g/mol. The molecule has 1 aliphatic rings. The second-order valence-electron chi connectivity index (χ2n) is 5.69. The number of nitrogens with one attached hydrogen (secondary N) is 1. The molecule has 0 aromatic carbocycles. The largest absolute Gasteiger partial charge is 0.315 e. The highest BCUT2D eigenvalue weighted by atomic mass is 15.1. The van der Waals surface area contributed by atoms with E-state index in [1.54, 1.807) is 0 Å². The molecule has 0 bridgehead atoms. The predicted molar refractivity (Wildman–Crippen MR) is 71.8 cm³/mol. The van der Waals surface area contributed by atoms with Gasteiger partial charge in [0.05, 0.1) is 0 Å². The number of nitrogens with zero attached hydrogens (tertiary/aromatic N) is 1. The van der Waals surface area contributed by atoms with E-state index in [2.05, 4.69) is 31.0 Å². The summed E-state index contributed by atoms with van der Waals surface area (Å²) in [5.41, 5.74) is 0. The van der Waals surface area contributed by atoms with Crippen LogP contribution in [0.2, 0.25) is 0 Å². The van der Waals surface area contributed by atoms with E-state index in [-0.39, 0.29) is 0 Å². The highest BCUT2D eigenvalue weighted by Crippen LogP contribution is 2.16. The normalized spacial score (nSPS) is 19.5. The summed E-state index contributed by atoms with van der Waals surface area (Å²) in [6, 6.07) is 0.642. The van der Waals surface area contributed by atoms with Crippen molar-refractivity contribution in [2.75, 3.05) is 26.2 Å². The van der Waals surface area contributed by atoms with Gasteiger partial charge in [-0.15, -0.1) is 0 Å². The zero-order valence-corrected chi connectivity index (χ0v) is 11.5. The van der Waals surface area contributed by atoms with E-state index in [1.165, 1.54) is 58.3 Å². The van der Waals surface area contributed by atoms with Gasteiger partial charge in [0.2, 0.25) is 0 Å². The first-order valence-corrected chi connectivity index (χ1v) is 7.14. The Kier molecular flexibility index (Phi) is 7.06. The van der Waals surface area contributed by atoms with Gasteiger partial charge in [0, 0.05) is 6.04 Å². The van der Waals surface area contributed by atoms with Gasteiger partial charge in [0.25, 0.3) is 0 Å². The average Bonchev–Trinajstić information content (AvgIpc) is 2.25. The minimum atomic E-state index is 0.642. The molecular weight excluding hydrogens is 196 g/mol. The van der Waals surface area contributed by atoms with Gasteiger partial charge in [0.1, 0.15) is 0 Å². The molecule has 0 aromatic rings. The lowest BCUT2D eigenvalue weighted by Gasteiger charge is -2.30. The summed E-state index contributed by atoms with van der Waals surface area (Å²) in [5.74, 6) is 0.964. The van der Waals surface area contributed by atoms with Gasteiger partial charge in [-0.3, -0.25) is 0 Å². The summed E-state index contributed by atoms with van der Waals surface area (Å²) in [5, 5.41) is 3.48. The molecule has 2 nitrogen and oxygen atoms in total. The molecule has 1 saturated heterocycles. The topological polar surface area (TPSA) is 15.3 Å². The summed E-state index contributed by atoms with van der Waals surface area (Å²) in [6.07, 6.45) is 6.92. The Morgan fingerprint density at radius 3 is 2.44 bits per heavy atom. The third-order valence-electron chi connectivity index (χ3n) is 3.58. The van der Waals surface area contributed by atoms with Crippen LogP contribution in [-0.2, 0) is 0 Å². The molecular formula is C14H30N2. The fourth-order valence-electron chi connectivity index (χ4n) is 2.31. The lowest BCUT2D eigenvalue weighted by atomic mass is 9.99. The van der Waals surface area contributed by atoms with Gasteiger partial charge < -0.3 is 10.2 Å². The molecule has 1 fully saturated rings. The molecule has 1 rings (SSSR count). The Bertz CT molecular complexity index is 160. The van der Waals surface area contributed by atoms with Crippen LogP contribution in [0.3, 0.4) is 0 Å². The van der Waals surface area contributed by atoms with E-state index >= 15 is 0 Å². The molecule has 0 spiro atoms. The Balaban J connectivity index is 1.87. The lowest BCUT2D eigenvalue weighted by Crippen LogP contribution is -2.33. The fraction of sp³-hybridized carbons (Fsp3) is 1.00. The van der Waals surface area contributed by atoms with Crippen molar-refractivity contribution in [2.24, 2.45) is 5.92 Å². The van der Waals surface area contributed by atoms with E-state index in [4.69, 9.17) is 0 Å². The highest BCUT2D eigenvalue weighted by molar-refractivity contribution is 4.69. The van der Waals surface area contributed by atoms with Crippen LogP contribution in [0.4, 0.5) is 0 Å². The van der Waals surface area contributed by atoms with Crippen molar-refractivity contribution < 1.29 is 0 Å². The van der Waals surface area contributed by atoms with Gasteiger partial charge in [-0.05, 0) is 57.8 Å². The number of hydrogen-bond donors (Lipinski definition) is 1. The summed E-state index contributed by atoms with van der Waals surface area (Å²) in [4.78, 5) is 2.65. The lowest BCUT2D eigenvalue weighted by molar-refractivity contribution is 0.189. The van der Waals surface area contributed by atoms with Crippen LogP contribution in [0, 0.1) is 5.92 Å². The maximum Gasteiger partial charge on any atom is 0.00103 e. The van der Waals surface area contributed by atoms with Gasteiger partial charge >= 0.3 is 0 Å². The molecule has 16 heavy (non-hydrogen) atoms. The molecule has 0 saturated carbocycles. The molecule has 1 aliphatic heterocycles. The molecule has 96 valence electrons. The van der Waals surface area contributed by atoms with Crippen molar-refractivity contribution in [1.29, 1.82) is 0 Å².